The highest BCUT2D eigenvalue weighted by Gasteiger charge is 2.20. The van der Waals surface area contributed by atoms with E-state index < -0.39 is 17.2 Å². The fraction of sp³-hybridized carbons (Fsp3) is 0.333. The van der Waals surface area contributed by atoms with Crippen molar-refractivity contribution in [2.75, 3.05) is 17.2 Å². The molecule has 1 saturated heterocycles. The van der Waals surface area contributed by atoms with Crippen molar-refractivity contribution in [3.8, 4) is 0 Å². The van der Waals surface area contributed by atoms with E-state index >= 15 is 0 Å². The second-order valence-electron chi connectivity index (χ2n) is 6.27. The predicted octanol–water partition coefficient (Wildman–Crippen LogP) is 0.926. The van der Waals surface area contributed by atoms with Crippen LogP contribution >= 0.6 is 0 Å². The van der Waals surface area contributed by atoms with Crippen molar-refractivity contribution in [2.24, 2.45) is 0 Å². The lowest BCUT2D eigenvalue weighted by Crippen LogP contribution is -2.41. The number of carbonyl (C=O) groups excluding carboxylic acids is 2. The maximum absolute atomic E-state index is 12.6. The number of aromatic nitrogens is 2. The standard InChI is InChI=1S/C18H20N4O5/c1-11(23)20-12-4-6-13(7-5-12)21-16(24)15-9-19-18(26)22(17(15)25)10-14-3-2-8-27-14/h4-7,9,14H,2-3,8,10H2,1H3,(H,19,26)(H,20,23)(H,21,24). The number of hydrogen-bond donors (Lipinski definition) is 3. The van der Waals surface area contributed by atoms with Crippen molar-refractivity contribution >= 4 is 23.2 Å². The Hall–Kier alpha value is -3.20. The minimum atomic E-state index is -0.665. The Labute approximate surface area is 154 Å². The average molecular weight is 372 g/mol. The molecule has 1 aliphatic heterocycles. The van der Waals surface area contributed by atoms with Gasteiger partial charge in [0.05, 0.1) is 12.6 Å². The van der Waals surface area contributed by atoms with Gasteiger partial charge in [-0.2, -0.15) is 0 Å². The van der Waals surface area contributed by atoms with E-state index in [0.717, 1.165) is 23.6 Å². The van der Waals surface area contributed by atoms with E-state index in [1.165, 1.54) is 6.92 Å². The van der Waals surface area contributed by atoms with E-state index in [4.69, 9.17) is 4.74 Å². The molecule has 27 heavy (non-hydrogen) atoms. The van der Waals surface area contributed by atoms with Crippen LogP contribution in [-0.4, -0.2) is 34.1 Å². The topological polar surface area (TPSA) is 122 Å². The third-order valence-electron chi connectivity index (χ3n) is 4.18. The van der Waals surface area contributed by atoms with Crippen LogP contribution in [0.3, 0.4) is 0 Å². The first kappa shape index (κ1) is 18.6. The zero-order valence-corrected chi connectivity index (χ0v) is 14.8. The Morgan fingerprint density at radius 2 is 1.85 bits per heavy atom. The molecule has 3 N–H and O–H groups in total. The third kappa shape index (κ3) is 4.50. The van der Waals surface area contributed by atoms with Crippen LogP contribution in [0.1, 0.15) is 30.1 Å². The van der Waals surface area contributed by atoms with Gasteiger partial charge in [-0.05, 0) is 37.1 Å². The Bertz CT molecular complexity index is 955. The first-order valence-corrected chi connectivity index (χ1v) is 8.57. The van der Waals surface area contributed by atoms with Gasteiger partial charge in [-0.1, -0.05) is 0 Å². The SMILES string of the molecule is CC(=O)Nc1ccc(NC(=O)c2c[nH]c(=O)n(CC3CCCO3)c2=O)cc1. The molecular formula is C18H20N4O5. The van der Waals surface area contributed by atoms with Crippen LogP contribution in [0.15, 0.2) is 40.1 Å². The van der Waals surface area contributed by atoms with Crippen LogP contribution in [0.25, 0.3) is 0 Å². The average Bonchev–Trinajstić information content (AvgIpc) is 3.13. The van der Waals surface area contributed by atoms with Gasteiger partial charge in [0.2, 0.25) is 5.91 Å². The van der Waals surface area contributed by atoms with Gasteiger partial charge in [0.25, 0.3) is 11.5 Å². The van der Waals surface area contributed by atoms with Gasteiger partial charge in [0.1, 0.15) is 5.56 Å². The fourth-order valence-corrected chi connectivity index (χ4v) is 2.87. The van der Waals surface area contributed by atoms with E-state index in [-0.39, 0.29) is 24.1 Å². The lowest BCUT2D eigenvalue weighted by atomic mass is 10.2. The Morgan fingerprint density at radius 3 is 2.44 bits per heavy atom. The minimum absolute atomic E-state index is 0.112. The number of nitrogens with zero attached hydrogens (tertiary/aromatic N) is 1. The first-order valence-electron chi connectivity index (χ1n) is 8.57. The lowest BCUT2D eigenvalue weighted by molar-refractivity contribution is -0.114. The Kier molecular flexibility index (Phi) is 5.51. The monoisotopic (exact) mass is 372 g/mol. The number of amides is 2. The minimum Gasteiger partial charge on any atom is -0.376 e. The number of benzene rings is 1. The largest absolute Gasteiger partial charge is 0.376 e. The fourth-order valence-electron chi connectivity index (χ4n) is 2.87. The molecule has 1 fully saturated rings. The van der Waals surface area contributed by atoms with Crippen molar-refractivity contribution in [2.45, 2.75) is 32.4 Å². The quantitative estimate of drug-likeness (QED) is 0.721. The summed E-state index contributed by atoms with van der Waals surface area (Å²) in [6.07, 6.45) is 2.55. The van der Waals surface area contributed by atoms with Gasteiger partial charge < -0.3 is 20.4 Å². The summed E-state index contributed by atoms with van der Waals surface area (Å²) in [7, 11) is 0. The molecule has 0 radical (unpaired) electrons. The van der Waals surface area contributed by atoms with Crippen molar-refractivity contribution in [3.05, 3.63) is 56.9 Å². The molecule has 1 aromatic heterocycles. The van der Waals surface area contributed by atoms with E-state index in [2.05, 4.69) is 15.6 Å². The number of aromatic amines is 1. The van der Waals surface area contributed by atoms with E-state index in [1.807, 2.05) is 0 Å². The number of nitrogens with one attached hydrogen (secondary N) is 3. The highest BCUT2D eigenvalue weighted by Crippen LogP contribution is 2.14. The van der Waals surface area contributed by atoms with Gasteiger partial charge in [-0.25, -0.2) is 4.79 Å². The zero-order valence-electron chi connectivity index (χ0n) is 14.8. The molecular weight excluding hydrogens is 352 g/mol. The highest BCUT2D eigenvalue weighted by molar-refractivity contribution is 6.03. The number of carbonyl (C=O) groups is 2. The summed E-state index contributed by atoms with van der Waals surface area (Å²) in [4.78, 5) is 50.4. The molecule has 2 aromatic rings. The van der Waals surface area contributed by atoms with Crippen LogP contribution < -0.4 is 21.9 Å². The predicted molar refractivity (Wildman–Crippen MR) is 99.0 cm³/mol. The number of ether oxygens (including phenoxy) is 1. The van der Waals surface area contributed by atoms with Gasteiger partial charge in [-0.3, -0.25) is 19.0 Å². The van der Waals surface area contributed by atoms with Gasteiger partial charge in [-0.15, -0.1) is 0 Å². The van der Waals surface area contributed by atoms with Crippen LogP contribution in [0.2, 0.25) is 0 Å². The molecule has 1 aliphatic rings. The summed E-state index contributed by atoms with van der Waals surface area (Å²) in [6, 6.07) is 6.44. The van der Waals surface area contributed by atoms with Crippen LogP contribution in [0.5, 0.6) is 0 Å². The molecule has 9 heteroatoms. The first-order chi connectivity index (χ1) is 12.9. The number of H-pyrrole nitrogens is 1. The maximum atomic E-state index is 12.6. The van der Waals surface area contributed by atoms with Crippen molar-refractivity contribution in [3.63, 3.8) is 0 Å². The van der Waals surface area contributed by atoms with E-state index in [1.54, 1.807) is 24.3 Å². The Balaban J connectivity index is 1.77. The molecule has 3 rings (SSSR count). The summed E-state index contributed by atoms with van der Waals surface area (Å²) in [5.74, 6) is -0.837. The second-order valence-corrected chi connectivity index (χ2v) is 6.27. The van der Waals surface area contributed by atoms with Crippen LogP contribution in [-0.2, 0) is 16.1 Å². The molecule has 0 saturated carbocycles. The van der Waals surface area contributed by atoms with Crippen LogP contribution in [0.4, 0.5) is 11.4 Å². The molecule has 9 nitrogen and oxygen atoms in total. The van der Waals surface area contributed by atoms with Crippen molar-refractivity contribution in [1.82, 2.24) is 9.55 Å². The lowest BCUT2D eigenvalue weighted by Gasteiger charge is -2.12. The second kappa shape index (κ2) is 8.00. The Morgan fingerprint density at radius 1 is 1.19 bits per heavy atom. The molecule has 2 heterocycles. The highest BCUT2D eigenvalue weighted by atomic mass is 16.5. The summed E-state index contributed by atoms with van der Waals surface area (Å²) in [5, 5.41) is 5.22. The molecule has 1 unspecified atom stereocenters. The number of anilines is 2. The molecule has 0 spiro atoms. The number of rotatable bonds is 5. The van der Waals surface area contributed by atoms with Gasteiger partial charge in [0, 0.05) is 31.1 Å². The summed E-state index contributed by atoms with van der Waals surface area (Å²) in [6.45, 7) is 2.11. The van der Waals surface area contributed by atoms with Crippen LogP contribution in [0, 0.1) is 0 Å². The van der Waals surface area contributed by atoms with E-state index in [0.29, 0.717) is 18.0 Å². The van der Waals surface area contributed by atoms with E-state index in [9.17, 15) is 19.2 Å². The molecule has 2 amide bonds. The summed E-state index contributed by atoms with van der Waals surface area (Å²) < 4.78 is 6.45. The van der Waals surface area contributed by atoms with Gasteiger partial charge in [0.15, 0.2) is 0 Å². The molecule has 0 aliphatic carbocycles. The van der Waals surface area contributed by atoms with Crippen molar-refractivity contribution in [1.29, 1.82) is 0 Å². The summed E-state index contributed by atoms with van der Waals surface area (Å²) >= 11 is 0. The van der Waals surface area contributed by atoms with Crippen molar-refractivity contribution < 1.29 is 14.3 Å². The van der Waals surface area contributed by atoms with Gasteiger partial charge >= 0.3 is 5.69 Å². The molecule has 0 bridgehead atoms. The molecule has 1 aromatic carbocycles. The molecule has 142 valence electrons. The third-order valence-corrected chi connectivity index (χ3v) is 4.18. The smallest absolute Gasteiger partial charge is 0.328 e. The normalized spacial score (nSPS) is 16.1. The summed E-state index contributed by atoms with van der Waals surface area (Å²) in [5.41, 5.74) is -0.374. The molecule has 1 atom stereocenters. The zero-order chi connectivity index (χ0) is 19.4. The number of hydrogen-bond acceptors (Lipinski definition) is 5. The maximum Gasteiger partial charge on any atom is 0.328 e.